The molecule has 0 amide bonds. The molecule has 1 aliphatic heterocycles. The summed E-state index contributed by atoms with van der Waals surface area (Å²) in [7, 11) is 0. The van der Waals surface area contributed by atoms with Gasteiger partial charge in [0.05, 0.1) is 17.6 Å². The number of aromatic nitrogens is 3. The Balaban J connectivity index is 1.54. The molecular formula is C20H21N5OS. The van der Waals surface area contributed by atoms with Crippen molar-refractivity contribution < 1.29 is 0 Å². The number of benzene rings is 1. The molecule has 0 unspecified atom stereocenters. The minimum Gasteiger partial charge on any atom is -0.382 e. The highest BCUT2D eigenvalue weighted by Crippen LogP contribution is 2.27. The van der Waals surface area contributed by atoms with Crippen LogP contribution < -0.4 is 11.4 Å². The lowest BCUT2D eigenvalue weighted by atomic mass is 10.2. The van der Waals surface area contributed by atoms with Gasteiger partial charge in [0.15, 0.2) is 0 Å². The Morgan fingerprint density at radius 1 is 1.07 bits per heavy atom. The number of nitrogens with zero attached hydrogens (tertiary/aromatic N) is 3. The highest BCUT2D eigenvalue weighted by Gasteiger charge is 2.16. The fourth-order valence-corrected chi connectivity index (χ4v) is 5.00. The molecule has 4 heterocycles. The number of hydrogen-bond acceptors (Lipinski definition) is 5. The molecule has 1 saturated heterocycles. The number of nitrogen functional groups attached to an aromatic ring is 1. The van der Waals surface area contributed by atoms with Gasteiger partial charge in [-0.05, 0) is 44.1 Å². The maximum atomic E-state index is 12.6. The molecule has 5 rings (SSSR count). The van der Waals surface area contributed by atoms with Crippen molar-refractivity contribution in [1.82, 2.24) is 19.4 Å². The molecule has 3 N–H and O–H groups in total. The van der Waals surface area contributed by atoms with E-state index in [2.05, 4.69) is 27.0 Å². The summed E-state index contributed by atoms with van der Waals surface area (Å²) in [4.78, 5) is 25.0. The number of hydrogen-bond donors (Lipinski definition) is 2. The summed E-state index contributed by atoms with van der Waals surface area (Å²) in [6.07, 6.45) is 2.59. The lowest BCUT2D eigenvalue weighted by Gasteiger charge is -2.12. The molecule has 0 bridgehead atoms. The van der Waals surface area contributed by atoms with Gasteiger partial charge in [0.1, 0.15) is 11.3 Å². The summed E-state index contributed by atoms with van der Waals surface area (Å²) in [5.41, 5.74) is 8.20. The molecule has 27 heavy (non-hydrogen) atoms. The van der Waals surface area contributed by atoms with E-state index in [1.54, 1.807) is 15.9 Å². The van der Waals surface area contributed by atoms with Crippen molar-refractivity contribution in [2.45, 2.75) is 25.9 Å². The molecule has 0 saturated carbocycles. The van der Waals surface area contributed by atoms with E-state index in [9.17, 15) is 4.79 Å². The largest absolute Gasteiger partial charge is 0.382 e. The van der Waals surface area contributed by atoms with Crippen LogP contribution in [-0.2, 0) is 13.1 Å². The molecule has 1 aromatic carbocycles. The molecule has 138 valence electrons. The van der Waals surface area contributed by atoms with Crippen LogP contribution in [-0.4, -0.2) is 32.5 Å². The lowest BCUT2D eigenvalue weighted by molar-refractivity contribution is 0.334. The van der Waals surface area contributed by atoms with E-state index in [4.69, 9.17) is 5.73 Å². The van der Waals surface area contributed by atoms with E-state index >= 15 is 0 Å². The SMILES string of the molecule is Nc1nc2ccccc2c2c1[nH]c(=O)n2Cc1ccc(CN2CCCC2)s1. The first kappa shape index (κ1) is 16.5. The van der Waals surface area contributed by atoms with E-state index in [0.29, 0.717) is 17.9 Å². The molecular weight excluding hydrogens is 358 g/mol. The van der Waals surface area contributed by atoms with Crippen molar-refractivity contribution >= 4 is 39.1 Å². The average molecular weight is 379 g/mol. The smallest absolute Gasteiger partial charge is 0.326 e. The number of rotatable bonds is 4. The van der Waals surface area contributed by atoms with Crippen molar-refractivity contribution in [2.24, 2.45) is 0 Å². The highest BCUT2D eigenvalue weighted by atomic mass is 32.1. The van der Waals surface area contributed by atoms with Crippen molar-refractivity contribution in [3.05, 3.63) is 56.6 Å². The number of nitrogens with two attached hydrogens (primary N) is 1. The van der Waals surface area contributed by atoms with Crippen LogP contribution in [0.4, 0.5) is 5.82 Å². The van der Waals surface area contributed by atoms with Crippen molar-refractivity contribution in [3.63, 3.8) is 0 Å². The number of pyridine rings is 1. The Hall–Kier alpha value is -2.64. The van der Waals surface area contributed by atoms with Crippen LogP contribution in [0.1, 0.15) is 22.6 Å². The minimum absolute atomic E-state index is 0.149. The molecule has 0 aliphatic carbocycles. The van der Waals surface area contributed by atoms with Gasteiger partial charge in [-0.15, -0.1) is 11.3 Å². The first-order valence-corrected chi connectivity index (χ1v) is 10.1. The zero-order valence-electron chi connectivity index (χ0n) is 14.9. The standard InChI is InChI=1S/C20H21N5OS/c21-19-17-18(15-5-1-2-6-16(15)22-19)25(20(26)23-17)12-14-8-7-13(27-14)11-24-9-3-4-10-24/h1-2,5-8H,3-4,9-12H2,(H2,21,22)(H,23,26). The summed E-state index contributed by atoms with van der Waals surface area (Å²) < 4.78 is 1.78. The quantitative estimate of drug-likeness (QED) is 0.571. The van der Waals surface area contributed by atoms with Crippen LogP contribution in [0.5, 0.6) is 0 Å². The maximum Gasteiger partial charge on any atom is 0.326 e. The second-order valence-corrected chi connectivity index (χ2v) is 8.36. The molecule has 7 heteroatoms. The Labute approximate surface area is 160 Å². The first-order chi connectivity index (χ1) is 13.2. The fraction of sp³-hybridized carbons (Fsp3) is 0.300. The number of para-hydroxylation sites is 1. The first-order valence-electron chi connectivity index (χ1n) is 9.26. The predicted molar refractivity (Wildman–Crippen MR) is 110 cm³/mol. The maximum absolute atomic E-state index is 12.6. The number of anilines is 1. The van der Waals surface area contributed by atoms with Gasteiger partial charge in [-0.1, -0.05) is 18.2 Å². The predicted octanol–water partition coefficient (Wildman–Crippen LogP) is 3.17. The summed E-state index contributed by atoms with van der Waals surface area (Å²) >= 11 is 1.78. The van der Waals surface area contributed by atoms with Gasteiger partial charge < -0.3 is 10.7 Å². The van der Waals surface area contributed by atoms with Gasteiger partial charge in [-0.2, -0.15) is 0 Å². The molecule has 4 aromatic rings. The number of nitrogens with one attached hydrogen (secondary N) is 1. The Kier molecular flexibility index (Phi) is 3.98. The summed E-state index contributed by atoms with van der Waals surface area (Å²) in [6, 6.07) is 12.1. The third kappa shape index (κ3) is 2.93. The van der Waals surface area contributed by atoms with Crippen LogP contribution in [0.15, 0.2) is 41.2 Å². The highest BCUT2D eigenvalue weighted by molar-refractivity contribution is 7.11. The Morgan fingerprint density at radius 3 is 2.63 bits per heavy atom. The number of aromatic amines is 1. The van der Waals surface area contributed by atoms with E-state index in [0.717, 1.165) is 23.0 Å². The van der Waals surface area contributed by atoms with Crippen LogP contribution in [0, 0.1) is 0 Å². The Morgan fingerprint density at radius 2 is 1.81 bits per heavy atom. The van der Waals surface area contributed by atoms with Gasteiger partial charge in [-0.25, -0.2) is 9.78 Å². The summed E-state index contributed by atoms with van der Waals surface area (Å²) in [6.45, 7) is 3.92. The molecule has 3 aromatic heterocycles. The number of thiophene rings is 1. The molecule has 0 radical (unpaired) electrons. The zero-order valence-corrected chi connectivity index (χ0v) is 15.8. The van der Waals surface area contributed by atoms with Crippen LogP contribution in [0.3, 0.4) is 0 Å². The van der Waals surface area contributed by atoms with E-state index in [1.807, 2.05) is 24.3 Å². The van der Waals surface area contributed by atoms with Crippen LogP contribution >= 0.6 is 11.3 Å². The van der Waals surface area contributed by atoms with Gasteiger partial charge >= 0.3 is 5.69 Å². The number of H-pyrrole nitrogens is 1. The van der Waals surface area contributed by atoms with E-state index in [1.165, 1.54) is 35.7 Å². The third-order valence-electron chi connectivity index (χ3n) is 5.25. The minimum atomic E-state index is -0.149. The van der Waals surface area contributed by atoms with Gasteiger partial charge in [0.25, 0.3) is 0 Å². The summed E-state index contributed by atoms with van der Waals surface area (Å²) in [5.74, 6) is 0.362. The average Bonchev–Trinajstić information content (AvgIpc) is 3.39. The van der Waals surface area contributed by atoms with Gasteiger partial charge in [0.2, 0.25) is 0 Å². The van der Waals surface area contributed by atoms with Crippen LogP contribution in [0.25, 0.3) is 21.9 Å². The van der Waals surface area contributed by atoms with Crippen molar-refractivity contribution in [2.75, 3.05) is 18.8 Å². The number of likely N-dealkylation sites (tertiary alicyclic amines) is 1. The van der Waals surface area contributed by atoms with Crippen molar-refractivity contribution in [1.29, 1.82) is 0 Å². The van der Waals surface area contributed by atoms with Crippen LogP contribution in [0.2, 0.25) is 0 Å². The topological polar surface area (TPSA) is 79.9 Å². The molecule has 0 atom stereocenters. The lowest BCUT2D eigenvalue weighted by Crippen LogP contribution is -2.17. The second kappa shape index (κ2) is 6.51. The van der Waals surface area contributed by atoms with Crippen molar-refractivity contribution in [3.8, 4) is 0 Å². The molecule has 1 fully saturated rings. The molecule has 6 nitrogen and oxygen atoms in total. The van der Waals surface area contributed by atoms with Gasteiger partial charge in [-0.3, -0.25) is 9.47 Å². The zero-order chi connectivity index (χ0) is 18.4. The molecule has 0 spiro atoms. The monoisotopic (exact) mass is 379 g/mol. The fourth-order valence-electron chi connectivity index (χ4n) is 3.95. The summed E-state index contributed by atoms with van der Waals surface area (Å²) in [5, 5.41) is 0.939. The molecule has 1 aliphatic rings. The van der Waals surface area contributed by atoms with E-state index in [-0.39, 0.29) is 5.69 Å². The normalized spacial score (nSPS) is 15.3. The second-order valence-electron chi connectivity index (χ2n) is 7.11. The number of imidazole rings is 1. The van der Waals surface area contributed by atoms with Gasteiger partial charge in [0, 0.05) is 21.7 Å². The number of fused-ring (bicyclic) bond motifs is 3. The van der Waals surface area contributed by atoms with E-state index < -0.39 is 0 Å². The third-order valence-corrected chi connectivity index (χ3v) is 6.30. The Bertz CT molecular complexity index is 1180.